The number of thioether (sulfide) groups is 1. The molecular formula is C19H21F2NO2S. The van der Waals surface area contributed by atoms with E-state index in [1.165, 1.54) is 17.8 Å². The number of halogens is 2. The average molecular weight is 365 g/mol. The minimum Gasteiger partial charge on any atom is -0.497 e. The number of nitrogens with zero attached hydrogens (tertiary/aromatic N) is 1. The van der Waals surface area contributed by atoms with Crippen LogP contribution in [0.2, 0.25) is 0 Å². The highest BCUT2D eigenvalue weighted by Gasteiger charge is 2.24. The first-order valence-corrected chi connectivity index (χ1v) is 8.73. The topological polar surface area (TPSA) is 29.5 Å². The summed E-state index contributed by atoms with van der Waals surface area (Å²) in [5.74, 6) is -1.13. The highest BCUT2D eigenvalue weighted by atomic mass is 32.2. The normalized spacial score (nSPS) is 13.2. The Morgan fingerprint density at radius 1 is 1.08 bits per heavy atom. The molecule has 2 atom stereocenters. The Morgan fingerprint density at radius 3 is 2.28 bits per heavy atom. The molecule has 0 aliphatic carbocycles. The quantitative estimate of drug-likeness (QED) is 0.697. The fourth-order valence-corrected chi connectivity index (χ4v) is 3.35. The molecule has 1 amide bonds. The van der Waals surface area contributed by atoms with Crippen LogP contribution in [0.25, 0.3) is 0 Å². The summed E-state index contributed by atoms with van der Waals surface area (Å²) in [6.45, 7) is 3.61. The highest BCUT2D eigenvalue weighted by molar-refractivity contribution is 8.00. The number of amides is 1. The molecule has 0 heterocycles. The van der Waals surface area contributed by atoms with Gasteiger partial charge in [0, 0.05) is 11.9 Å². The van der Waals surface area contributed by atoms with Crippen molar-refractivity contribution in [3.8, 4) is 5.75 Å². The number of hydrogen-bond acceptors (Lipinski definition) is 3. The Labute approximate surface area is 151 Å². The Kier molecular flexibility index (Phi) is 6.42. The minimum atomic E-state index is -0.911. The van der Waals surface area contributed by atoms with Crippen LogP contribution in [-0.2, 0) is 4.79 Å². The minimum absolute atomic E-state index is 0.0851. The van der Waals surface area contributed by atoms with Crippen LogP contribution in [0.3, 0.4) is 0 Å². The van der Waals surface area contributed by atoms with Crippen LogP contribution in [0.5, 0.6) is 5.75 Å². The van der Waals surface area contributed by atoms with Crippen molar-refractivity contribution in [1.82, 2.24) is 4.90 Å². The maximum atomic E-state index is 13.4. The molecule has 0 fully saturated rings. The standard InChI is InChI=1S/C19H21F2NO2S/c1-12(14-5-10-17(20)18(21)11-14)22(3)19(23)13(2)25-16-8-6-15(24-4)7-9-16/h5-13H,1-4H3. The van der Waals surface area contributed by atoms with Gasteiger partial charge in [-0.25, -0.2) is 8.78 Å². The zero-order valence-corrected chi connectivity index (χ0v) is 15.4. The van der Waals surface area contributed by atoms with Crippen molar-refractivity contribution in [2.45, 2.75) is 30.0 Å². The number of ether oxygens (including phenoxy) is 1. The van der Waals surface area contributed by atoms with Gasteiger partial charge in [0.05, 0.1) is 18.4 Å². The molecule has 0 radical (unpaired) electrons. The average Bonchev–Trinajstić information content (AvgIpc) is 2.62. The first-order chi connectivity index (χ1) is 11.8. The Bertz CT molecular complexity index is 737. The summed E-state index contributed by atoms with van der Waals surface area (Å²) in [5.41, 5.74) is 0.552. The van der Waals surface area contributed by atoms with Crippen LogP contribution in [0.1, 0.15) is 25.5 Å². The zero-order chi connectivity index (χ0) is 18.6. The number of hydrogen-bond donors (Lipinski definition) is 0. The first-order valence-electron chi connectivity index (χ1n) is 7.85. The van der Waals surface area contributed by atoms with Gasteiger partial charge >= 0.3 is 0 Å². The van der Waals surface area contributed by atoms with Gasteiger partial charge in [-0.1, -0.05) is 6.07 Å². The summed E-state index contributed by atoms with van der Waals surface area (Å²) < 4.78 is 31.6. The van der Waals surface area contributed by atoms with Crippen LogP contribution in [-0.4, -0.2) is 30.2 Å². The molecule has 0 saturated heterocycles. The van der Waals surface area contributed by atoms with Gasteiger partial charge in [-0.05, 0) is 55.8 Å². The molecule has 0 bridgehead atoms. The summed E-state index contributed by atoms with van der Waals surface area (Å²) in [6.07, 6.45) is 0. The second-order valence-corrected chi connectivity index (χ2v) is 7.15. The van der Waals surface area contributed by atoms with Crippen LogP contribution >= 0.6 is 11.8 Å². The maximum Gasteiger partial charge on any atom is 0.236 e. The maximum absolute atomic E-state index is 13.4. The van der Waals surface area contributed by atoms with Crippen molar-refractivity contribution >= 4 is 17.7 Å². The summed E-state index contributed by atoms with van der Waals surface area (Å²) in [7, 11) is 3.27. The lowest BCUT2D eigenvalue weighted by Crippen LogP contribution is -2.35. The lowest BCUT2D eigenvalue weighted by Gasteiger charge is -2.28. The van der Waals surface area contributed by atoms with Crippen molar-refractivity contribution < 1.29 is 18.3 Å². The van der Waals surface area contributed by atoms with E-state index in [9.17, 15) is 13.6 Å². The monoisotopic (exact) mass is 365 g/mol. The van der Waals surface area contributed by atoms with Crippen molar-refractivity contribution in [1.29, 1.82) is 0 Å². The smallest absolute Gasteiger partial charge is 0.236 e. The molecule has 0 aliphatic rings. The lowest BCUT2D eigenvalue weighted by atomic mass is 10.1. The second kappa shape index (κ2) is 8.34. The van der Waals surface area contributed by atoms with E-state index in [4.69, 9.17) is 4.74 Å². The van der Waals surface area contributed by atoms with Gasteiger partial charge in [0.15, 0.2) is 11.6 Å². The highest BCUT2D eigenvalue weighted by Crippen LogP contribution is 2.28. The predicted octanol–water partition coefficient (Wildman–Crippen LogP) is 4.67. The fourth-order valence-electron chi connectivity index (χ4n) is 2.38. The van der Waals surface area contributed by atoms with E-state index in [1.807, 2.05) is 31.2 Å². The Balaban J connectivity index is 2.05. The molecule has 0 saturated carbocycles. The largest absolute Gasteiger partial charge is 0.497 e. The molecule has 0 N–H and O–H groups in total. The SMILES string of the molecule is COc1ccc(SC(C)C(=O)N(C)C(C)c2ccc(F)c(F)c2)cc1. The van der Waals surface area contributed by atoms with E-state index in [1.54, 1.807) is 26.0 Å². The summed E-state index contributed by atoms with van der Waals surface area (Å²) in [6, 6.07) is 10.8. The number of benzene rings is 2. The molecule has 2 aromatic carbocycles. The fraction of sp³-hybridized carbons (Fsp3) is 0.316. The van der Waals surface area contributed by atoms with E-state index >= 15 is 0 Å². The number of methoxy groups -OCH3 is 1. The lowest BCUT2D eigenvalue weighted by molar-refractivity contribution is -0.130. The molecule has 3 nitrogen and oxygen atoms in total. The van der Waals surface area contributed by atoms with Gasteiger partial charge in [0.25, 0.3) is 0 Å². The summed E-state index contributed by atoms with van der Waals surface area (Å²) in [4.78, 5) is 15.2. The summed E-state index contributed by atoms with van der Waals surface area (Å²) in [5, 5.41) is -0.314. The van der Waals surface area contributed by atoms with E-state index in [0.717, 1.165) is 22.8 Å². The molecule has 0 aromatic heterocycles. The van der Waals surface area contributed by atoms with Gasteiger partial charge < -0.3 is 9.64 Å². The third-order valence-electron chi connectivity index (χ3n) is 4.07. The van der Waals surface area contributed by atoms with Crippen LogP contribution < -0.4 is 4.74 Å². The van der Waals surface area contributed by atoms with E-state index < -0.39 is 11.6 Å². The molecular weight excluding hydrogens is 344 g/mol. The van der Waals surface area contributed by atoms with Crippen LogP contribution in [0, 0.1) is 11.6 Å². The molecule has 0 aliphatic heterocycles. The molecule has 134 valence electrons. The molecule has 2 rings (SSSR count). The van der Waals surface area contributed by atoms with Gasteiger partial charge in [0.2, 0.25) is 5.91 Å². The third-order valence-corrected chi connectivity index (χ3v) is 5.17. The molecule has 2 unspecified atom stereocenters. The van der Waals surface area contributed by atoms with E-state index in [-0.39, 0.29) is 17.2 Å². The van der Waals surface area contributed by atoms with E-state index in [2.05, 4.69) is 0 Å². The molecule has 2 aromatic rings. The van der Waals surface area contributed by atoms with Gasteiger partial charge in [0.1, 0.15) is 5.75 Å². The van der Waals surface area contributed by atoms with E-state index in [0.29, 0.717) is 5.56 Å². The first kappa shape index (κ1) is 19.2. The third kappa shape index (κ3) is 4.72. The number of rotatable bonds is 6. The summed E-state index contributed by atoms with van der Waals surface area (Å²) >= 11 is 1.44. The van der Waals surface area contributed by atoms with Crippen molar-refractivity contribution in [3.05, 3.63) is 59.7 Å². The van der Waals surface area contributed by atoms with Crippen molar-refractivity contribution in [2.75, 3.05) is 14.2 Å². The van der Waals surface area contributed by atoms with Crippen LogP contribution in [0.4, 0.5) is 8.78 Å². The molecule has 25 heavy (non-hydrogen) atoms. The predicted molar refractivity (Wildman–Crippen MR) is 95.9 cm³/mol. The van der Waals surface area contributed by atoms with Gasteiger partial charge in [-0.3, -0.25) is 4.79 Å². The zero-order valence-electron chi connectivity index (χ0n) is 14.6. The van der Waals surface area contributed by atoms with Gasteiger partial charge in [-0.2, -0.15) is 0 Å². The number of carbonyl (C=O) groups is 1. The Morgan fingerprint density at radius 2 is 1.72 bits per heavy atom. The van der Waals surface area contributed by atoms with Crippen molar-refractivity contribution in [2.24, 2.45) is 0 Å². The van der Waals surface area contributed by atoms with Gasteiger partial charge in [-0.15, -0.1) is 11.8 Å². The van der Waals surface area contributed by atoms with Crippen molar-refractivity contribution in [3.63, 3.8) is 0 Å². The Hall–Kier alpha value is -2.08. The van der Waals surface area contributed by atoms with Crippen LogP contribution in [0.15, 0.2) is 47.4 Å². The molecule has 6 heteroatoms. The molecule has 0 spiro atoms. The number of carbonyl (C=O) groups excluding carboxylic acids is 1. The second-order valence-electron chi connectivity index (χ2n) is 5.73.